The summed E-state index contributed by atoms with van der Waals surface area (Å²) < 4.78 is 0. The van der Waals surface area contributed by atoms with Crippen LogP contribution >= 0.6 is 35.0 Å². The summed E-state index contributed by atoms with van der Waals surface area (Å²) in [5.41, 5.74) is 0.492. The van der Waals surface area contributed by atoms with Crippen molar-refractivity contribution in [2.75, 3.05) is 19.3 Å². The summed E-state index contributed by atoms with van der Waals surface area (Å²) in [7, 11) is 0. The van der Waals surface area contributed by atoms with Crippen molar-refractivity contribution in [3.05, 3.63) is 27.7 Å². The zero-order valence-corrected chi connectivity index (χ0v) is 13.8. The zero-order chi connectivity index (χ0) is 14.7. The molecule has 3 nitrogen and oxygen atoms in total. The van der Waals surface area contributed by atoms with Gasteiger partial charge in [-0.3, -0.25) is 4.79 Å². The van der Waals surface area contributed by atoms with Crippen LogP contribution in [0.3, 0.4) is 0 Å². The number of carbonyl (C=O) groups excluding carboxylic acids is 1. The molecule has 0 aromatic heterocycles. The lowest BCUT2D eigenvalue weighted by Crippen LogP contribution is -2.48. The van der Waals surface area contributed by atoms with E-state index in [1.54, 1.807) is 12.1 Å². The van der Waals surface area contributed by atoms with E-state index in [9.17, 15) is 4.79 Å². The van der Waals surface area contributed by atoms with Crippen molar-refractivity contribution in [3.8, 4) is 0 Å². The Kier molecular flexibility index (Phi) is 5.61. The van der Waals surface area contributed by atoms with Crippen LogP contribution in [0.4, 0.5) is 0 Å². The maximum Gasteiger partial charge on any atom is 0.253 e. The van der Waals surface area contributed by atoms with Crippen molar-refractivity contribution in [1.29, 1.82) is 0 Å². The molecule has 1 fully saturated rings. The van der Waals surface area contributed by atoms with Gasteiger partial charge in [-0.1, -0.05) is 30.1 Å². The minimum atomic E-state index is -0.124. The largest absolute Gasteiger partial charge is 0.349 e. The van der Waals surface area contributed by atoms with Crippen LogP contribution in [-0.4, -0.2) is 31.3 Å². The molecule has 0 bridgehead atoms. The fourth-order valence-electron chi connectivity index (χ4n) is 2.33. The molecule has 1 heterocycles. The number of amides is 1. The molecule has 1 amide bonds. The average Bonchev–Trinajstić information content (AvgIpc) is 2.41. The Morgan fingerprint density at radius 1 is 1.40 bits per heavy atom. The number of benzene rings is 1. The lowest BCUT2D eigenvalue weighted by Gasteiger charge is -2.30. The molecule has 2 atom stereocenters. The fraction of sp³-hybridized carbons (Fsp3) is 0.500. The molecular weight excluding hydrogens is 315 g/mol. The van der Waals surface area contributed by atoms with Gasteiger partial charge in [0.1, 0.15) is 0 Å². The Hall–Kier alpha value is -0.420. The molecule has 0 aliphatic carbocycles. The molecule has 2 N–H and O–H groups in total. The third-order valence-corrected chi connectivity index (χ3v) is 5.10. The van der Waals surface area contributed by atoms with Crippen molar-refractivity contribution >= 4 is 40.9 Å². The van der Waals surface area contributed by atoms with Gasteiger partial charge in [-0.05, 0) is 43.8 Å². The van der Waals surface area contributed by atoms with Crippen LogP contribution in [0.1, 0.15) is 23.7 Å². The predicted octanol–water partition coefficient (Wildman–Crippen LogP) is 3.44. The summed E-state index contributed by atoms with van der Waals surface area (Å²) in [5, 5.41) is 7.37. The number of thioether (sulfide) groups is 1. The Bertz CT molecular complexity index is 510. The van der Waals surface area contributed by atoms with Crippen LogP contribution in [0.15, 0.2) is 17.0 Å². The lowest BCUT2D eigenvalue weighted by atomic mass is 9.95. The van der Waals surface area contributed by atoms with E-state index >= 15 is 0 Å². The first-order valence-corrected chi connectivity index (χ1v) is 8.55. The van der Waals surface area contributed by atoms with Gasteiger partial charge in [0.2, 0.25) is 0 Å². The van der Waals surface area contributed by atoms with Crippen molar-refractivity contribution in [3.63, 3.8) is 0 Å². The van der Waals surface area contributed by atoms with Crippen LogP contribution < -0.4 is 10.6 Å². The van der Waals surface area contributed by atoms with Crippen LogP contribution in [0.2, 0.25) is 10.0 Å². The van der Waals surface area contributed by atoms with Gasteiger partial charge < -0.3 is 10.6 Å². The highest BCUT2D eigenvalue weighted by Gasteiger charge is 2.24. The summed E-state index contributed by atoms with van der Waals surface area (Å²) in [6.45, 7) is 3.99. The molecule has 2 rings (SSSR count). The molecule has 0 radical (unpaired) electrons. The van der Waals surface area contributed by atoms with E-state index in [0.29, 0.717) is 21.5 Å². The molecule has 1 saturated heterocycles. The standard InChI is InChI=1S/C14H18Cl2N2OS/c1-8-7-17-4-3-12(8)18-14(19)9-5-13(20-2)11(16)6-10(9)15/h5-6,8,12,17H,3-4,7H2,1-2H3,(H,18,19). The van der Waals surface area contributed by atoms with Crippen LogP contribution in [0, 0.1) is 5.92 Å². The molecule has 1 aliphatic heterocycles. The van der Waals surface area contributed by atoms with Gasteiger partial charge in [0.05, 0.1) is 15.6 Å². The number of hydrogen-bond acceptors (Lipinski definition) is 3. The number of rotatable bonds is 3. The Morgan fingerprint density at radius 2 is 2.15 bits per heavy atom. The highest BCUT2D eigenvalue weighted by molar-refractivity contribution is 7.98. The van der Waals surface area contributed by atoms with Crippen LogP contribution in [0.25, 0.3) is 0 Å². The first-order chi connectivity index (χ1) is 9.52. The van der Waals surface area contributed by atoms with Crippen LogP contribution in [-0.2, 0) is 0 Å². The molecule has 110 valence electrons. The van der Waals surface area contributed by atoms with Gasteiger partial charge in [0.25, 0.3) is 5.91 Å². The highest BCUT2D eigenvalue weighted by Crippen LogP contribution is 2.31. The van der Waals surface area contributed by atoms with E-state index in [0.717, 1.165) is 24.4 Å². The molecular formula is C14H18Cl2N2OS. The molecule has 0 spiro atoms. The minimum absolute atomic E-state index is 0.124. The predicted molar refractivity (Wildman–Crippen MR) is 86.1 cm³/mol. The highest BCUT2D eigenvalue weighted by atomic mass is 35.5. The number of halogens is 2. The maximum atomic E-state index is 12.4. The number of nitrogens with one attached hydrogen (secondary N) is 2. The zero-order valence-electron chi connectivity index (χ0n) is 11.5. The van der Waals surface area contributed by atoms with Gasteiger partial charge in [-0.15, -0.1) is 11.8 Å². The van der Waals surface area contributed by atoms with Crippen LogP contribution in [0.5, 0.6) is 0 Å². The van der Waals surface area contributed by atoms with Crippen molar-refractivity contribution in [2.24, 2.45) is 5.92 Å². The van der Waals surface area contributed by atoms with Gasteiger partial charge in [0.15, 0.2) is 0 Å². The summed E-state index contributed by atoms with van der Waals surface area (Å²) in [4.78, 5) is 13.3. The van der Waals surface area contributed by atoms with E-state index in [1.165, 1.54) is 11.8 Å². The van der Waals surface area contributed by atoms with E-state index < -0.39 is 0 Å². The normalized spacial score (nSPS) is 22.6. The van der Waals surface area contributed by atoms with Gasteiger partial charge in [-0.2, -0.15) is 0 Å². The Balaban J connectivity index is 2.16. The van der Waals surface area contributed by atoms with E-state index in [1.807, 2.05) is 6.26 Å². The molecule has 1 aromatic rings. The Morgan fingerprint density at radius 3 is 2.80 bits per heavy atom. The van der Waals surface area contributed by atoms with Crippen molar-refractivity contribution in [2.45, 2.75) is 24.3 Å². The molecule has 2 unspecified atom stereocenters. The third-order valence-electron chi connectivity index (χ3n) is 3.59. The minimum Gasteiger partial charge on any atom is -0.349 e. The molecule has 20 heavy (non-hydrogen) atoms. The fourth-order valence-corrected chi connectivity index (χ4v) is 3.52. The quantitative estimate of drug-likeness (QED) is 0.833. The smallest absolute Gasteiger partial charge is 0.253 e. The summed E-state index contributed by atoms with van der Waals surface area (Å²) in [6.07, 6.45) is 2.86. The van der Waals surface area contributed by atoms with E-state index in [4.69, 9.17) is 23.2 Å². The van der Waals surface area contributed by atoms with Crippen molar-refractivity contribution < 1.29 is 4.79 Å². The SMILES string of the molecule is CSc1cc(C(=O)NC2CCNCC2C)c(Cl)cc1Cl. The Labute approximate surface area is 133 Å². The first kappa shape index (κ1) is 16.0. The molecule has 0 saturated carbocycles. The average molecular weight is 333 g/mol. The topological polar surface area (TPSA) is 41.1 Å². The van der Waals surface area contributed by atoms with E-state index in [2.05, 4.69) is 17.6 Å². The maximum absolute atomic E-state index is 12.4. The first-order valence-electron chi connectivity index (χ1n) is 6.57. The third kappa shape index (κ3) is 3.61. The molecule has 6 heteroatoms. The second kappa shape index (κ2) is 7.03. The summed E-state index contributed by atoms with van der Waals surface area (Å²) >= 11 is 13.7. The summed E-state index contributed by atoms with van der Waals surface area (Å²) in [5.74, 6) is 0.291. The summed E-state index contributed by atoms with van der Waals surface area (Å²) in [6, 6.07) is 3.58. The number of carbonyl (C=O) groups is 1. The van der Waals surface area contributed by atoms with Gasteiger partial charge in [-0.25, -0.2) is 0 Å². The second-order valence-corrected chi connectivity index (χ2v) is 6.68. The van der Waals surface area contributed by atoms with E-state index in [-0.39, 0.29) is 11.9 Å². The van der Waals surface area contributed by atoms with Gasteiger partial charge in [0, 0.05) is 10.9 Å². The molecule has 1 aromatic carbocycles. The second-order valence-electron chi connectivity index (χ2n) is 5.02. The van der Waals surface area contributed by atoms with Crippen molar-refractivity contribution in [1.82, 2.24) is 10.6 Å². The monoisotopic (exact) mass is 332 g/mol. The number of piperidine rings is 1. The lowest BCUT2D eigenvalue weighted by molar-refractivity contribution is 0.0914. The number of hydrogen-bond donors (Lipinski definition) is 2. The van der Waals surface area contributed by atoms with Gasteiger partial charge >= 0.3 is 0 Å². The molecule has 1 aliphatic rings.